The summed E-state index contributed by atoms with van der Waals surface area (Å²) in [5.74, 6) is 2.90. The molecule has 0 radical (unpaired) electrons. The predicted molar refractivity (Wildman–Crippen MR) is 69.9 cm³/mol. The van der Waals surface area contributed by atoms with E-state index in [9.17, 15) is 5.11 Å². The quantitative estimate of drug-likeness (QED) is 0.617. The number of hydrogen-bond acceptors (Lipinski definition) is 2. The van der Waals surface area contributed by atoms with Crippen molar-refractivity contribution >= 4 is 19.7 Å². The second-order valence-electron chi connectivity index (χ2n) is 4.93. The van der Waals surface area contributed by atoms with Crippen LogP contribution in [0.2, 0.25) is 24.7 Å². The second-order valence-corrected chi connectivity index (χ2v) is 10.1. The highest BCUT2D eigenvalue weighted by Gasteiger charge is 2.22. The van der Waals surface area contributed by atoms with Crippen LogP contribution in [0.1, 0.15) is 12.6 Å². The smallest absolute Gasteiger partial charge is 0.164 e. The van der Waals surface area contributed by atoms with Crippen LogP contribution >= 0.6 is 11.6 Å². The molecule has 1 rings (SSSR count). The van der Waals surface area contributed by atoms with Gasteiger partial charge in [0.15, 0.2) is 5.60 Å². The largest absolute Gasteiger partial charge is 0.372 e. The normalized spacial score (nSPS) is 14.9. The van der Waals surface area contributed by atoms with Gasteiger partial charge in [0, 0.05) is 6.20 Å². The number of nitrogens with zero attached hydrogens (tertiary/aromatic N) is 1. The van der Waals surface area contributed by atoms with Gasteiger partial charge in [-0.25, -0.2) is 0 Å². The van der Waals surface area contributed by atoms with E-state index >= 15 is 0 Å². The van der Waals surface area contributed by atoms with Gasteiger partial charge < -0.3 is 5.11 Å². The van der Waals surface area contributed by atoms with E-state index in [4.69, 9.17) is 11.6 Å². The first-order valence-corrected chi connectivity index (χ1v) is 8.97. The number of hydrogen-bond donors (Lipinski definition) is 1. The summed E-state index contributed by atoms with van der Waals surface area (Å²) in [5.41, 5.74) is 2.47. The molecular formula is C12H16ClNOSi. The van der Waals surface area contributed by atoms with Crippen LogP contribution in [-0.4, -0.2) is 18.2 Å². The van der Waals surface area contributed by atoms with Gasteiger partial charge in [-0.05, 0) is 19.1 Å². The summed E-state index contributed by atoms with van der Waals surface area (Å²) in [6.45, 7) is 8.04. The third kappa shape index (κ3) is 3.97. The lowest BCUT2D eigenvalue weighted by Crippen LogP contribution is -2.23. The van der Waals surface area contributed by atoms with Gasteiger partial charge in [0.1, 0.15) is 8.07 Å². The fraction of sp³-hybridized carbons (Fsp3) is 0.417. The van der Waals surface area contributed by atoms with Gasteiger partial charge >= 0.3 is 0 Å². The average Bonchev–Trinajstić information content (AvgIpc) is 2.15. The van der Waals surface area contributed by atoms with Crippen molar-refractivity contribution in [1.29, 1.82) is 0 Å². The van der Waals surface area contributed by atoms with Crippen LogP contribution in [-0.2, 0) is 5.60 Å². The summed E-state index contributed by atoms with van der Waals surface area (Å²) in [4.78, 5) is 4.08. The Bertz CT molecular complexity index is 423. The third-order valence-electron chi connectivity index (χ3n) is 1.91. The molecular weight excluding hydrogens is 238 g/mol. The number of pyridine rings is 1. The molecule has 86 valence electrons. The molecule has 0 spiro atoms. The maximum absolute atomic E-state index is 10.2. The van der Waals surface area contributed by atoms with E-state index in [0.29, 0.717) is 10.7 Å². The molecule has 1 atom stereocenters. The van der Waals surface area contributed by atoms with Crippen molar-refractivity contribution in [3.63, 3.8) is 0 Å². The number of aromatic nitrogens is 1. The minimum absolute atomic E-state index is 0.530. The highest BCUT2D eigenvalue weighted by atomic mass is 35.5. The Morgan fingerprint density at radius 2 is 2.00 bits per heavy atom. The Kier molecular flexibility index (Phi) is 3.79. The van der Waals surface area contributed by atoms with Gasteiger partial charge in [-0.15, -0.1) is 5.54 Å². The standard InChI is InChI=1S/C12H16ClNOSi/c1-12(15,7-8-16(2,3)4)11-6-5-10(13)9-14-11/h5-6,9,15H,1-4H3. The lowest BCUT2D eigenvalue weighted by Gasteiger charge is -2.16. The predicted octanol–water partition coefficient (Wildman–Crippen LogP) is 2.82. The summed E-state index contributed by atoms with van der Waals surface area (Å²) < 4.78 is 0. The zero-order chi connectivity index (χ0) is 12.4. The molecule has 0 bridgehead atoms. The Balaban J connectivity index is 3.01. The molecule has 0 aliphatic heterocycles. The topological polar surface area (TPSA) is 33.1 Å². The van der Waals surface area contributed by atoms with E-state index < -0.39 is 13.7 Å². The molecule has 0 aromatic carbocycles. The lowest BCUT2D eigenvalue weighted by atomic mass is 10.0. The lowest BCUT2D eigenvalue weighted by molar-refractivity contribution is 0.117. The average molecular weight is 254 g/mol. The molecule has 1 unspecified atom stereocenters. The van der Waals surface area contributed by atoms with Crippen LogP contribution in [0.3, 0.4) is 0 Å². The van der Waals surface area contributed by atoms with Crippen molar-refractivity contribution in [3.05, 3.63) is 29.0 Å². The van der Waals surface area contributed by atoms with Crippen LogP contribution in [0, 0.1) is 11.5 Å². The first kappa shape index (κ1) is 13.2. The van der Waals surface area contributed by atoms with Gasteiger partial charge in [0.2, 0.25) is 0 Å². The van der Waals surface area contributed by atoms with Crippen LogP contribution in [0.25, 0.3) is 0 Å². The molecule has 1 heterocycles. The molecule has 0 aliphatic rings. The van der Waals surface area contributed by atoms with E-state index in [1.165, 1.54) is 6.20 Å². The maximum atomic E-state index is 10.2. The summed E-state index contributed by atoms with van der Waals surface area (Å²) in [7, 11) is -1.49. The first-order valence-electron chi connectivity index (χ1n) is 5.09. The number of halogens is 1. The van der Waals surface area contributed by atoms with Crippen molar-refractivity contribution in [1.82, 2.24) is 4.98 Å². The SMILES string of the molecule is CC(O)(C#C[Si](C)(C)C)c1ccc(Cl)cn1. The Hall–Kier alpha value is -0.823. The maximum Gasteiger partial charge on any atom is 0.164 e. The zero-order valence-corrected chi connectivity index (χ0v) is 11.8. The fourth-order valence-corrected chi connectivity index (χ4v) is 1.77. The van der Waals surface area contributed by atoms with Gasteiger partial charge in [-0.2, -0.15) is 0 Å². The van der Waals surface area contributed by atoms with E-state index in [0.717, 1.165) is 0 Å². The first-order chi connectivity index (χ1) is 7.21. The van der Waals surface area contributed by atoms with Crippen LogP contribution in [0.15, 0.2) is 18.3 Å². The third-order valence-corrected chi connectivity index (χ3v) is 3.01. The molecule has 0 aliphatic carbocycles. The van der Waals surface area contributed by atoms with Crippen molar-refractivity contribution in [3.8, 4) is 11.5 Å². The van der Waals surface area contributed by atoms with Crippen molar-refractivity contribution in [2.45, 2.75) is 32.2 Å². The molecule has 0 fully saturated rings. The van der Waals surface area contributed by atoms with Crippen molar-refractivity contribution in [2.75, 3.05) is 0 Å². The molecule has 16 heavy (non-hydrogen) atoms. The fourth-order valence-electron chi connectivity index (χ4n) is 1.04. The van der Waals surface area contributed by atoms with E-state index in [1.807, 2.05) is 0 Å². The number of aliphatic hydroxyl groups is 1. The second kappa shape index (κ2) is 4.58. The summed E-state index contributed by atoms with van der Waals surface area (Å²) >= 11 is 5.74. The van der Waals surface area contributed by atoms with E-state index in [2.05, 4.69) is 36.1 Å². The van der Waals surface area contributed by atoms with Gasteiger partial charge in [-0.1, -0.05) is 37.2 Å². The van der Waals surface area contributed by atoms with E-state index in [-0.39, 0.29) is 0 Å². The van der Waals surface area contributed by atoms with Crippen molar-refractivity contribution in [2.24, 2.45) is 0 Å². The van der Waals surface area contributed by atoms with Gasteiger partial charge in [0.25, 0.3) is 0 Å². The van der Waals surface area contributed by atoms with Gasteiger partial charge in [0.05, 0.1) is 10.7 Å². The molecule has 0 saturated carbocycles. The minimum Gasteiger partial charge on any atom is -0.372 e. The zero-order valence-electron chi connectivity index (χ0n) is 10.0. The molecule has 0 saturated heterocycles. The Morgan fingerprint density at radius 3 is 2.44 bits per heavy atom. The highest BCUT2D eigenvalue weighted by molar-refractivity contribution is 6.83. The van der Waals surface area contributed by atoms with E-state index in [1.54, 1.807) is 19.1 Å². The molecule has 0 amide bonds. The van der Waals surface area contributed by atoms with Crippen LogP contribution < -0.4 is 0 Å². The molecule has 4 heteroatoms. The summed E-state index contributed by atoms with van der Waals surface area (Å²) in [6, 6.07) is 3.40. The summed E-state index contributed by atoms with van der Waals surface area (Å²) in [5, 5.41) is 10.7. The Labute approximate surface area is 103 Å². The molecule has 1 aromatic rings. The molecule has 2 nitrogen and oxygen atoms in total. The Morgan fingerprint density at radius 1 is 1.38 bits per heavy atom. The highest BCUT2D eigenvalue weighted by Crippen LogP contribution is 2.19. The molecule has 1 N–H and O–H groups in total. The summed E-state index contributed by atoms with van der Waals surface area (Å²) in [6.07, 6.45) is 1.52. The number of rotatable bonds is 1. The minimum atomic E-state index is -1.49. The molecule has 1 aromatic heterocycles. The van der Waals surface area contributed by atoms with Crippen LogP contribution in [0.5, 0.6) is 0 Å². The van der Waals surface area contributed by atoms with Crippen LogP contribution in [0.4, 0.5) is 0 Å². The van der Waals surface area contributed by atoms with Gasteiger partial charge in [-0.3, -0.25) is 4.98 Å². The van der Waals surface area contributed by atoms with Crippen molar-refractivity contribution < 1.29 is 5.11 Å². The monoisotopic (exact) mass is 253 g/mol.